The molecule has 0 aromatic heterocycles. The monoisotopic (exact) mass is 346 g/mol. The quantitative estimate of drug-likeness (QED) is 0.923. The molecule has 2 aromatic rings. The van der Waals surface area contributed by atoms with Gasteiger partial charge in [-0.15, -0.1) is 0 Å². The van der Waals surface area contributed by atoms with Crippen molar-refractivity contribution in [1.29, 1.82) is 0 Å². The minimum atomic E-state index is -0.339. The fraction of sp³-hybridized carbons (Fsp3) is 0.222. The van der Waals surface area contributed by atoms with Crippen LogP contribution in [-0.4, -0.2) is 24.9 Å². The highest BCUT2D eigenvalue weighted by Gasteiger charge is 2.30. The fourth-order valence-electron chi connectivity index (χ4n) is 2.77. The molecule has 0 saturated carbocycles. The van der Waals surface area contributed by atoms with E-state index in [2.05, 4.69) is 5.32 Å². The molecule has 1 aliphatic rings. The Balaban J connectivity index is 1.59. The number of benzene rings is 2. The number of amides is 2. The third kappa shape index (κ3) is 3.57. The smallest absolute Gasteiger partial charge is 0.252 e. The molecule has 124 valence electrons. The van der Waals surface area contributed by atoms with E-state index in [0.717, 1.165) is 0 Å². The first kappa shape index (κ1) is 16.5. The third-order valence-corrected chi connectivity index (χ3v) is 4.34. The number of nitrogens with zero attached hydrogens (tertiary/aromatic N) is 1. The molecule has 0 aliphatic carbocycles. The second-order valence-electron chi connectivity index (χ2n) is 5.74. The number of hydrogen-bond donors (Lipinski definition) is 1. The van der Waals surface area contributed by atoms with Gasteiger partial charge in [-0.3, -0.25) is 9.59 Å². The molecule has 2 aromatic carbocycles. The molecule has 24 heavy (non-hydrogen) atoms. The van der Waals surface area contributed by atoms with Gasteiger partial charge in [-0.25, -0.2) is 4.39 Å². The average molecular weight is 347 g/mol. The highest BCUT2D eigenvalue weighted by atomic mass is 35.5. The first-order valence-corrected chi connectivity index (χ1v) is 8.01. The zero-order valence-electron chi connectivity index (χ0n) is 12.8. The van der Waals surface area contributed by atoms with Crippen molar-refractivity contribution in [1.82, 2.24) is 5.32 Å². The highest BCUT2D eigenvalue weighted by Crippen LogP contribution is 2.25. The Bertz CT molecular complexity index is 764. The summed E-state index contributed by atoms with van der Waals surface area (Å²) in [4.78, 5) is 25.9. The van der Waals surface area contributed by atoms with Crippen LogP contribution in [0.5, 0.6) is 0 Å². The van der Waals surface area contributed by atoms with E-state index >= 15 is 0 Å². The van der Waals surface area contributed by atoms with E-state index in [9.17, 15) is 14.0 Å². The summed E-state index contributed by atoms with van der Waals surface area (Å²) >= 11 is 6.00. The molecule has 1 aliphatic heterocycles. The fourth-order valence-corrected chi connectivity index (χ4v) is 2.99. The maximum Gasteiger partial charge on any atom is 0.252 e. The summed E-state index contributed by atoms with van der Waals surface area (Å²) in [7, 11) is 0. The van der Waals surface area contributed by atoms with Gasteiger partial charge in [-0.05, 0) is 36.4 Å². The third-order valence-electron chi connectivity index (χ3n) is 4.01. The Hall–Kier alpha value is -2.40. The largest absolute Gasteiger partial charge is 0.352 e. The molecule has 1 fully saturated rings. The lowest BCUT2D eigenvalue weighted by molar-refractivity contribution is -0.117. The van der Waals surface area contributed by atoms with Gasteiger partial charge in [0.15, 0.2) is 0 Å². The van der Waals surface area contributed by atoms with Crippen molar-refractivity contribution in [3.8, 4) is 0 Å². The van der Waals surface area contributed by atoms with Gasteiger partial charge >= 0.3 is 0 Å². The highest BCUT2D eigenvalue weighted by molar-refractivity contribution is 6.33. The summed E-state index contributed by atoms with van der Waals surface area (Å²) in [5.74, 6) is -0.616. The minimum absolute atomic E-state index is 0.00832. The van der Waals surface area contributed by atoms with Crippen LogP contribution < -0.4 is 10.2 Å². The summed E-state index contributed by atoms with van der Waals surface area (Å²) in [5, 5.41) is 3.22. The molecule has 1 heterocycles. The average Bonchev–Trinajstić information content (AvgIpc) is 2.95. The van der Waals surface area contributed by atoms with Crippen LogP contribution in [0.2, 0.25) is 5.02 Å². The van der Waals surface area contributed by atoms with E-state index in [4.69, 9.17) is 11.6 Å². The lowest BCUT2D eigenvalue weighted by atomic mass is 10.1. The van der Waals surface area contributed by atoms with Gasteiger partial charge in [0.05, 0.1) is 10.6 Å². The van der Waals surface area contributed by atoms with Gasteiger partial charge in [0.2, 0.25) is 5.91 Å². The number of carbonyl (C=O) groups is 2. The maximum absolute atomic E-state index is 13.0. The number of carbonyl (C=O) groups excluding carboxylic acids is 2. The molecule has 3 rings (SSSR count). The molecule has 1 atom stereocenters. The topological polar surface area (TPSA) is 49.4 Å². The normalized spacial score (nSPS) is 17.2. The van der Waals surface area contributed by atoms with Gasteiger partial charge in [0.1, 0.15) is 5.82 Å². The molecule has 6 heteroatoms. The first-order valence-electron chi connectivity index (χ1n) is 7.63. The Morgan fingerprint density at radius 1 is 1.21 bits per heavy atom. The zero-order valence-corrected chi connectivity index (χ0v) is 13.6. The Labute approximate surface area is 144 Å². The molecular formula is C18H16ClFN2O2. The van der Waals surface area contributed by atoms with Gasteiger partial charge in [-0.2, -0.15) is 0 Å². The summed E-state index contributed by atoms with van der Waals surface area (Å²) in [6.07, 6.45) is 0.347. The maximum atomic E-state index is 13.0. The van der Waals surface area contributed by atoms with Crippen LogP contribution in [0.25, 0.3) is 0 Å². The lowest BCUT2D eigenvalue weighted by Crippen LogP contribution is -2.31. The summed E-state index contributed by atoms with van der Waals surface area (Å²) in [6, 6.07) is 12.6. The van der Waals surface area contributed by atoms with Crippen molar-refractivity contribution in [3.05, 3.63) is 64.9 Å². The molecule has 2 amide bonds. The SMILES string of the molecule is O=C(NC[C@H]1CC(=O)N(c2ccc(F)cc2)C1)c1ccccc1Cl. The van der Waals surface area contributed by atoms with E-state index in [1.54, 1.807) is 41.3 Å². The first-order chi connectivity index (χ1) is 11.5. The number of hydrogen-bond acceptors (Lipinski definition) is 2. The van der Waals surface area contributed by atoms with Crippen LogP contribution >= 0.6 is 11.6 Å². The van der Waals surface area contributed by atoms with Crippen LogP contribution in [0.4, 0.5) is 10.1 Å². The van der Waals surface area contributed by atoms with Crippen LogP contribution in [0, 0.1) is 11.7 Å². The minimum Gasteiger partial charge on any atom is -0.352 e. The Kier molecular flexibility index (Phi) is 4.81. The van der Waals surface area contributed by atoms with E-state index in [1.807, 2.05) is 0 Å². The van der Waals surface area contributed by atoms with Gasteiger partial charge < -0.3 is 10.2 Å². The molecule has 1 N–H and O–H groups in total. The van der Waals surface area contributed by atoms with Crippen molar-refractivity contribution in [2.45, 2.75) is 6.42 Å². The van der Waals surface area contributed by atoms with Crippen LogP contribution in [0.3, 0.4) is 0 Å². The molecule has 0 unspecified atom stereocenters. The van der Waals surface area contributed by atoms with Crippen LogP contribution in [0.15, 0.2) is 48.5 Å². The second-order valence-corrected chi connectivity index (χ2v) is 6.15. The Morgan fingerprint density at radius 3 is 2.62 bits per heavy atom. The van der Waals surface area contributed by atoms with Crippen molar-refractivity contribution < 1.29 is 14.0 Å². The predicted octanol–water partition coefficient (Wildman–Crippen LogP) is 3.26. The molecule has 0 radical (unpaired) electrons. The molecule has 1 saturated heterocycles. The van der Waals surface area contributed by atoms with Crippen LogP contribution in [-0.2, 0) is 4.79 Å². The molecule has 4 nitrogen and oxygen atoms in total. The van der Waals surface area contributed by atoms with E-state index in [1.165, 1.54) is 12.1 Å². The lowest BCUT2D eigenvalue weighted by Gasteiger charge is -2.17. The van der Waals surface area contributed by atoms with Crippen molar-refractivity contribution in [2.75, 3.05) is 18.0 Å². The van der Waals surface area contributed by atoms with Gasteiger partial charge in [-0.1, -0.05) is 23.7 Å². The van der Waals surface area contributed by atoms with Crippen molar-refractivity contribution in [2.24, 2.45) is 5.92 Å². The van der Waals surface area contributed by atoms with E-state index < -0.39 is 0 Å². The van der Waals surface area contributed by atoms with Crippen molar-refractivity contribution >= 4 is 29.1 Å². The van der Waals surface area contributed by atoms with E-state index in [0.29, 0.717) is 35.8 Å². The van der Waals surface area contributed by atoms with E-state index in [-0.39, 0.29) is 23.5 Å². The molecule has 0 spiro atoms. The second kappa shape index (κ2) is 7.01. The number of anilines is 1. The van der Waals surface area contributed by atoms with Gasteiger partial charge in [0, 0.05) is 31.1 Å². The zero-order chi connectivity index (χ0) is 17.1. The van der Waals surface area contributed by atoms with Crippen molar-refractivity contribution in [3.63, 3.8) is 0 Å². The summed E-state index contributed by atoms with van der Waals surface area (Å²) < 4.78 is 13.0. The van der Waals surface area contributed by atoms with Gasteiger partial charge in [0.25, 0.3) is 5.91 Å². The molecular weight excluding hydrogens is 331 g/mol. The summed E-state index contributed by atoms with van der Waals surface area (Å²) in [6.45, 7) is 0.876. The molecule has 0 bridgehead atoms. The standard InChI is InChI=1S/C18H16ClFN2O2/c19-16-4-2-1-3-15(16)18(24)21-10-12-9-17(23)22(11-12)14-7-5-13(20)6-8-14/h1-8,12H,9-11H2,(H,21,24)/t12-/m1/s1. The summed E-state index contributed by atoms with van der Waals surface area (Å²) in [5.41, 5.74) is 1.08. The number of nitrogens with one attached hydrogen (secondary N) is 1. The van der Waals surface area contributed by atoms with Crippen LogP contribution in [0.1, 0.15) is 16.8 Å². The number of halogens is 2. The predicted molar refractivity (Wildman–Crippen MR) is 90.6 cm³/mol. The number of rotatable bonds is 4. The Morgan fingerprint density at radius 2 is 1.92 bits per heavy atom.